The van der Waals surface area contributed by atoms with Crippen molar-refractivity contribution in [3.63, 3.8) is 0 Å². The highest BCUT2D eigenvalue weighted by molar-refractivity contribution is 5.67. The highest BCUT2D eigenvalue weighted by Crippen LogP contribution is 2.04. The molecule has 4 heteroatoms. The van der Waals surface area contributed by atoms with Crippen molar-refractivity contribution in [3.8, 4) is 0 Å². The number of aliphatic carboxylic acids is 1. The number of nitrogens with two attached hydrogens (primary N) is 1. The molecule has 0 bridgehead atoms. The van der Waals surface area contributed by atoms with E-state index in [9.17, 15) is 9.18 Å². The normalized spacial score (nSPS) is 12.6. The molecule has 0 saturated carbocycles. The molecule has 3 nitrogen and oxygen atoms in total. The lowest BCUT2D eigenvalue weighted by atomic mass is 10.1. The van der Waals surface area contributed by atoms with E-state index in [1.807, 2.05) is 0 Å². The minimum absolute atomic E-state index is 0.0771. The first-order valence-electron chi connectivity index (χ1n) is 2.83. The predicted molar refractivity (Wildman–Crippen MR) is 35.1 cm³/mol. The predicted octanol–water partition coefficient (Wildman–Crippen LogP) is 0.662. The van der Waals surface area contributed by atoms with E-state index in [1.165, 1.54) is 0 Å². The van der Waals surface area contributed by atoms with Gasteiger partial charge < -0.3 is 10.8 Å². The monoisotopic (exact) mass is 147 g/mol. The topological polar surface area (TPSA) is 63.3 Å². The van der Waals surface area contributed by atoms with Crippen molar-refractivity contribution < 1.29 is 14.3 Å². The van der Waals surface area contributed by atoms with E-state index in [2.05, 4.69) is 6.58 Å². The van der Waals surface area contributed by atoms with Gasteiger partial charge in [-0.1, -0.05) is 6.58 Å². The Morgan fingerprint density at radius 1 is 1.70 bits per heavy atom. The SMILES string of the molecule is C=C(F)C[C@H](N)CC(=O)O. The number of carboxylic acids is 1. The summed E-state index contributed by atoms with van der Waals surface area (Å²) in [7, 11) is 0. The van der Waals surface area contributed by atoms with E-state index in [0.29, 0.717) is 0 Å². The van der Waals surface area contributed by atoms with Gasteiger partial charge in [-0.05, 0) is 0 Å². The average Bonchev–Trinajstić information content (AvgIpc) is 1.58. The molecule has 3 N–H and O–H groups in total. The summed E-state index contributed by atoms with van der Waals surface area (Å²) in [5.41, 5.74) is 5.19. The molecule has 58 valence electrons. The molecule has 0 aromatic carbocycles. The van der Waals surface area contributed by atoms with Gasteiger partial charge in [0.05, 0.1) is 12.2 Å². The quantitative estimate of drug-likeness (QED) is 0.614. The molecule has 0 saturated heterocycles. The van der Waals surface area contributed by atoms with Gasteiger partial charge in [-0.3, -0.25) is 4.79 Å². The molecule has 0 radical (unpaired) electrons. The minimum atomic E-state index is -1.02. The van der Waals surface area contributed by atoms with Gasteiger partial charge in [0.1, 0.15) is 0 Å². The van der Waals surface area contributed by atoms with Gasteiger partial charge >= 0.3 is 5.97 Å². The zero-order valence-electron chi connectivity index (χ0n) is 5.51. The molecule has 0 aliphatic carbocycles. The van der Waals surface area contributed by atoms with E-state index < -0.39 is 17.8 Å². The summed E-state index contributed by atoms with van der Waals surface area (Å²) < 4.78 is 11.9. The molecule has 0 amide bonds. The summed E-state index contributed by atoms with van der Waals surface area (Å²) >= 11 is 0. The van der Waals surface area contributed by atoms with Crippen molar-refractivity contribution in [2.45, 2.75) is 18.9 Å². The van der Waals surface area contributed by atoms with E-state index in [0.717, 1.165) is 0 Å². The van der Waals surface area contributed by atoms with Crippen LogP contribution >= 0.6 is 0 Å². The fourth-order valence-electron chi connectivity index (χ4n) is 0.581. The van der Waals surface area contributed by atoms with Crippen LogP contribution in [0.3, 0.4) is 0 Å². The van der Waals surface area contributed by atoms with E-state index in [1.54, 1.807) is 0 Å². The second-order valence-electron chi connectivity index (χ2n) is 2.08. The second kappa shape index (κ2) is 4.00. The van der Waals surface area contributed by atoms with Crippen LogP contribution < -0.4 is 5.73 Å². The minimum Gasteiger partial charge on any atom is -0.481 e. The summed E-state index contributed by atoms with van der Waals surface area (Å²) in [6.45, 7) is 2.96. The van der Waals surface area contributed by atoms with Gasteiger partial charge in [0.25, 0.3) is 0 Å². The molecular weight excluding hydrogens is 137 g/mol. The summed E-state index contributed by atoms with van der Waals surface area (Å²) in [4.78, 5) is 9.96. The fourth-order valence-corrected chi connectivity index (χ4v) is 0.581. The summed E-state index contributed by atoms with van der Waals surface area (Å²) in [6, 6.07) is -0.657. The van der Waals surface area contributed by atoms with Crippen molar-refractivity contribution in [1.29, 1.82) is 0 Å². The summed E-state index contributed by atoms with van der Waals surface area (Å²) in [6.07, 6.45) is -0.296. The first-order chi connectivity index (χ1) is 4.52. The Morgan fingerprint density at radius 2 is 2.20 bits per heavy atom. The lowest BCUT2D eigenvalue weighted by molar-refractivity contribution is -0.137. The van der Waals surface area contributed by atoms with Crippen LogP contribution in [0, 0.1) is 0 Å². The molecule has 0 aromatic heterocycles. The van der Waals surface area contributed by atoms with Gasteiger partial charge in [0, 0.05) is 12.5 Å². The number of carbonyl (C=O) groups is 1. The Morgan fingerprint density at radius 3 is 2.50 bits per heavy atom. The van der Waals surface area contributed by atoms with E-state index in [-0.39, 0.29) is 12.8 Å². The maximum atomic E-state index is 11.9. The highest BCUT2D eigenvalue weighted by Gasteiger charge is 2.08. The van der Waals surface area contributed by atoms with Crippen molar-refractivity contribution in [3.05, 3.63) is 12.4 Å². The first-order valence-corrected chi connectivity index (χ1v) is 2.83. The van der Waals surface area contributed by atoms with Gasteiger partial charge in [-0.25, -0.2) is 4.39 Å². The third-order valence-electron chi connectivity index (χ3n) is 0.920. The zero-order valence-corrected chi connectivity index (χ0v) is 5.51. The molecule has 0 heterocycles. The number of carboxylic acid groups (broad SMARTS) is 1. The molecule has 0 unspecified atom stereocenters. The Kier molecular flexibility index (Phi) is 3.64. The van der Waals surface area contributed by atoms with Crippen LogP contribution in [0.5, 0.6) is 0 Å². The lowest BCUT2D eigenvalue weighted by Crippen LogP contribution is -2.23. The maximum Gasteiger partial charge on any atom is 0.304 e. The number of hydrogen-bond donors (Lipinski definition) is 2. The fraction of sp³-hybridized carbons (Fsp3) is 0.500. The molecular formula is C6H10FNO2. The van der Waals surface area contributed by atoms with Gasteiger partial charge in [0.15, 0.2) is 0 Å². The maximum absolute atomic E-state index is 11.9. The summed E-state index contributed by atoms with van der Waals surface area (Å²) in [5, 5.41) is 8.16. The Bertz CT molecular complexity index is 131. The molecule has 0 aliphatic heterocycles. The average molecular weight is 147 g/mol. The number of halogens is 1. The van der Waals surface area contributed by atoms with E-state index >= 15 is 0 Å². The largest absolute Gasteiger partial charge is 0.481 e. The van der Waals surface area contributed by atoms with Crippen LogP contribution in [-0.4, -0.2) is 17.1 Å². The smallest absolute Gasteiger partial charge is 0.304 e. The number of rotatable bonds is 4. The molecule has 0 aromatic rings. The van der Waals surface area contributed by atoms with Crippen molar-refractivity contribution in [2.75, 3.05) is 0 Å². The molecule has 1 atom stereocenters. The zero-order chi connectivity index (χ0) is 8.15. The number of hydrogen-bond acceptors (Lipinski definition) is 2. The van der Waals surface area contributed by atoms with Crippen LogP contribution in [0.15, 0.2) is 12.4 Å². The van der Waals surface area contributed by atoms with Crippen LogP contribution in [0.2, 0.25) is 0 Å². The lowest BCUT2D eigenvalue weighted by Gasteiger charge is -2.04. The van der Waals surface area contributed by atoms with Gasteiger partial charge in [-0.2, -0.15) is 0 Å². The Hall–Kier alpha value is -0.900. The standard InChI is InChI=1S/C6H10FNO2/c1-4(7)2-5(8)3-6(9)10/h5H,1-3,8H2,(H,9,10)/t5-/m0/s1. The first kappa shape index (κ1) is 9.10. The molecule has 0 fully saturated rings. The van der Waals surface area contributed by atoms with Gasteiger partial charge in [0.2, 0.25) is 0 Å². The van der Waals surface area contributed by atoms with Crippen LogP contribution in [0.4, 0.5) is 4.39 Å². The highest BCUT2D eigenvalue weighted by atomic mass is 19.1. The van der Waals surface area contributed by atoms with Crippen LogP contribution in [0.25, 0.3) is 0 Å². The van der Waals surface area contributed by atoms with Gasteiger partial charge in [-0.15, -0.1) is 0 Å². The van der Waals surface area contributed by atoms with E-state index in [4.69, 9.17) is 10.8 Å². The molecule has 0 spiro atoms. The summed E-state index contributed by atoms with van der Waals surface area (Å²) in [5.74, 6) is -1.59. The Balaban J connectivity index is 3.53. The third kappa shape index (κ3) is 5.24. The molecule has 0 rings (SSSR count). The molecule has 10 heavy (non-hydrogen) atoms. The van der Waals surface area contributed by atoms with Crippen molar-refractivity contribution in [1.82, 2.24) is 0 Å². The third-order valence-corrected chi connectivity index (χ3v) is 0.920. The van der Waals surface area contributed by atoms with Crippen LogP contribution in [0.1, 0.15) is 12.8 Å². The second-order valence-corrected chi connectivity index (χ2v) is 2.08. The molecule has 0 aliphatic rings. The van der Waals surface area contributed by atoms with Crippen LogP contribution in [-0.2, 0) is 4.79 Å². The van der Waals surface area contributed by atoms with Crippen molar-refractivity contribution >= 4 is 5.97 Å². The van der Waals surface area contributed by atoms with Crippen molar-refractivity contribution in [2.24, 2.45) is 5.73 Å². The Labute approximate surface area is 58.3 Å².